The highest BCUT2D eigenvalue weighted by Crippen LogP contribution is 2.24. The fourth-order valence-corrected chi connectivity index (χ4v) is 2.76. The first-order valence-electron chi connectivity index (χ1n) is 7.66. The predicted molar refractivity (Wildman–Crippen MR) is 95.9 cm³/mol. The second-order valence-electron chi connectivity index (χ2n) is 5.41. The predicted octanol–water partition coefficient (Wildman–Crippen LogP) is 5.08. The highest BCUT2D eigenvalue weighted by atomic mass is 15.1. The van der Waals surface area contributed by atoms with Gasteiger partial charge in [-0.1, -0.05) is 72.8 Å². The van der Waals surface area contributed by atoms with Crippen LogP contribution in [0.5, 0.6) is 0 Å². The molecule has 0 fully saturated rings. The normalized spacial score (nSPS) is 11.7. The molecule has 4 aromatic rings. The van der Waals surface area contributed by atoms with Gasteiger partial charge in [0, 0.05) is 0 Å². The molecule has 2 nitrogen and oxygen atoms in total. The number of rotatable bonds is 3. The van der Waals surface area contributed by atoms with Gasteiger partial charge in [0.1, 0.15) is 6.33 Å². The molecule has 0 saturated carbocycles. The van der Waals surface area contributed by atoms with E-state index in [0.29, 0.717) is 0 Å². The lowest BCUT2D eigenvalue weighted by molar-refractivity contribution is 1.13. The maximum Gasteiger partial charge on any atom is 0.100 e. The van der Waals surface area contributed by atoms with Gasteiger partial charge in [0.2, 0.25) is 0 Å². The van der Waals surface area contributed by atoms with Crippen molar-refractivity contribution >= 4 is 22.8 Å². The Bertz CT molecular complexity index is 951. The van der Waals surface area contributed by atoms with Gasteiger partial charge in [-0.25, -0.2) is 4.98 Å². The standard InChI is InChI=1S/C21H16N2/c1-3-9-17(10-4-1)15-21(18-11-5-2-6-12-18)23-16-22-19-13-7-8-14-20(19)23/h1-16H/b21-15-. The van der Waals surface area contributed by atoms with Crippen molar-refractivity contribution in [3.05, 3.63) is 102 Å². The van der Waals surface area contributed by atoms with E-state index >= 15 is 0 Å². The van der Waals surface area contributed by atoms with E-state index in [-0.39, 0.29) is 0 Å². The zero-order valence-corrected chi connectivity index (χ0v) is 12.6. The van der Waals surface area contributed by atoms with Gasteiger partial charge < -0.3 is 0 Å². The van der Waals surface area contributed by atoms with Crippen LogP contribution in [0.15, 0.2) is 91.3 Å². The van der Waals surface area contributed by atoms with Crippen molar-refractivity contribution in [3.8, 4) is 0 Å². The SMILES string of the molecule is C(=C(\c1ccccc1)n1cnc2ccccc21)/c1ccccc1. The van der Waals surface area contributed by atoms with Gasteiger partial charge in [0.05, 0.1) is 16.7 Å². The van der Waals surface area contributed by atoms with Gasteiger partial charge in [-0.15, -0.1) is 0 Å². The van der Waals surface area contributed by atoms with Crippen LogP contribution in [-0.4, -0.2) is 9.55 Å². The van der Waals surface area contributed by atoms with Crippen LogP contribution in [0.1, 0.15) is 11.1 Å². The molecule has 3 aromatic carbocycles. The third-order valence-electron chi connectivity index (χ3n) is 3.89. The number of imidazole rings is 1. The molecule has 0 N–H and O–H groups in total. The Balaban J connectivity index is 1.94. The smallest absolute Gasteiger partial charge is 0.100 e. The molecule has 0 aliphatic heterocycles. The molecule has 2 heteroatoms. The minimum absolute atomic E-state index is 1.00. The molecule has 0 spiro atoms. The summed E-state index contributed by atoms with van der Waals surface area (Å²) in [5, 5.41) is 0. The van der Waals surface area contributed by atoms with Gasteiger partial charge >= 0.3 is 0 Å². The summed E-state index contributed by atoms with van der Waals surface area (Å²) in [5.74, 6) is 0. The highest BCUT2D eigenvalue weighted by molar-refractivity contribution is 5.88. The summed E-state index contributed by atoms with van der Waals surface area (Å²) in [5.41, 5.74) is 5.56. The first kappa shape index (κ1) is 13.5. The van der Waals surface area contributed by atoms with Crippen molar-refractivity contribution in [2.75, 3.05) is 0 Å². The molecular formula is C21H16N2. The number of fused-ring (bicyclic) bond motifs is 1. The zero-order chi connectivity index (χ0) is 15.5. The lowest BCUT2D eigenvalue weighted by Gasteiger charge is -2.11. The number of nitrogens with zero attached hydrogens (tertiary/aromatic N) is 2. The fourth-order valence-electron chi connectivity index (χ4n) is 2.76. The van der Waals surface area contributed by atoms with Crippen molar-refractivity contribution < 1.29 is 0 Å². The van der Waals surface area contributed by atoms with Gasteiger partial charge in [-0.05, 0) is 29.3 Å². The molecular weight excluding hydrogens is 280 g/mol. The first-order chi connectivity index (χ1) is 11.4. The molecule has 4 rings (SSSR count). The summed E-state index contributed by atoms with van der Waals surface area (Å²) in [6.07, 6.45) is 4.09. The Morgan fingerprint density at radius 3 is 2.17 bits per heavy atom. The minimum Gasteiger partial charge on any atom is -0.298 e. The first-order valence-corrected chi connectivity index (χ1v) is 7.66. The molecule has 0 amide bonds. The molecule has 23 heavy (non-hydrogen) atoms. The molecule has 0 saturated heterocycles. The average molecular weight is 296 g/mol. The van der Waals surface area contributed by atoms with Gasteiger partial charge in [-0.3, -0.25) is 4.57 Å². The van der Waals surface area contributed by atoms with Crippen LogP contribution in [0.2, 0.25) is 0 Å². The van der Waals surface area contributed by atoms with Crippen LogP contribution >= 0.6 is 0 Å². The Morgan fingerprint density at radius 2 is 1.39 bits per heavy atom. The zero-order valence-electron chi connectivity index (χ0n) is 12.6. The maximum absolute atomic E-state index is 4.53. The molecule has 0 aliphatic carbocycles. The van der Waals surface area contributed by atoms with Crippen LogP contribution in [0.4, 0.5) is 0 Å². The van der Waals surface area contributed by atoms with E-state index in [4.69, 9.17) is 0 Å². The number of hydrogen-bond donors (Lipinski definition) is 0. The average Bonchev–Trinajstić information content (AvgIpc) is 3.05. The Kier molecular flexibility index (Phi) is 3.49. The lowest BCUT2D eigenvalue weighted by atomic mass is 10.1. The van der Waals surface area contributed by atoms with E-state index in [1.807, 2.05) is 36.7 Å². The van der Waals surface area contributed by atoms with Gasteiger partial charge in [-0.2, -0.15) is 0 Å². The van der Waals surface area contributed by atoms with E-state index in [2.05, 4.69) is 70.2 Å². The Morgan fingerprint density at radius 1 is 0.739 bits per heavy atom. The second kappa shape index (κ2) is 5.93. The topological polar surface area (TPSA) is 17.8 Å². The second-order valence-corrected chi connectivity index (χ2v) is 5.41. The van der Waals surface area contributed by atoms with Crippen LogP contribution in [0.3, 0.4) is 0 Å². The summed E-state index contributed by atoms with van der Waals surface area (Å²) in [6, 6.07) is 29.0. The van der Waals surface area contributed by atoms with E-state index < -0.39 is 0 Å². The van der Waals surface area contributed by atoms with Gasteiger partial charge in [0.15, 0.2) is 0 Å². The van der Waals surface area contributed by atoms with Crippen LogP contribution in [0, 0.1) is 0 Å². The van der Waals surface area contributed by atoms with E-state index in [1.54, 1.807) is 0 Å². The highest BCUT2D eigenvalue weighted by Gasteiger charge is 2.08. The lowest BCUT2D eigenvalue weighted by Crippen LogP contribution is -1.97. The van der Waals surface area contributed by atoms with Crippen molar-refractivity contribution in [1.29, 1.82) is 0 Å². The number of aromatic nitrogens is 2. The largest absolute Gasteiger partial charge is 0.298 e. The van der Waals surface area contributed by atoms with Crippen molar-refractivity contribution in [2.24, 2.45) is 0 Å². The quantitative estimate of drug-likeness (QED) is 0.482. The Hall–Kier alpha value is -3.13. The summed E-state index contributed by atoms with van der Waals surface area (Å²) < 4.78 is 2.15. The van der Waals surface area contributed by atoms with Crippen molar-refractivity contribution in [1.82, 2.24) is 9.55 Å². The molecule has 0 aliphatic rings. The summed E-state index contributed by atoms with van der Waals surface area (Å²) >= 11 is 0. The van der Waals surface area contributed by atoms with Crippen molar-refractivity contribution in [3.63, 3.8) is 0 Å². The number of hydrogen-bond acceptors (Lipinski definition) is 1. The summed E-state index contributed by atoms with van der Waals surface area (Å²) in [7, 11) is 0. The third-order valence-corrected chi connectivity index (χ3v) is 3.89. The monoisotopic (exact) mass is 296 g/mol. The minimum atomic E-state index is 1.00. The molecule has 1 heterocycles. The van der Waals surface area contributed by atoms with Crippen LogP contribution < -0.4 is 0 Å². The number of benzene rings is 3. The third kappa shape index (κ3) is 2.67. The molecule has 0 unspecified atom stereocenters. The molecule has 0 radical (unpaired) electrons. The van der Waals surface area contributed by atoms with Crippen LogP contribution in [0.25, 0.3) is 22.8 Å². The van der Waals surface area contributed by atoms with E-state index in [0.717, 1.165) is 16.7 Å². The summed E-state index contributed by atoms with van der Waals surface area (Å²) in [6.45, 7) is 0. The summed E-state index contributed by atoms with van der Waals surface area (Å²) in [4.78, 5) is 4.53. The van der Waals surface area contributed by atoms with Crippen molar-refractivity contribution in [2.45, 2.75) is 0 Å². The van der Waals surface area contributed by atoms with E-state index in [9.17, 15) is 0 Å². The van der Waals surface area contributed by atoms with E-state index in [1.165, 1.54) is 11.1 Å². The maximum atomic E-state index is 4.53. The number of para-hydroxylation sites is 2. The molecule has 110 valence electrons. The molecule has 0 bridgehead atoms. The van der Waals surface area contributed by atoms with Crippen LogP contribution in [-0.2, 0) is 0 Å². The fraction of sp³-hybridized carbons (Fsp3) is 0. The molecule has 0 atom stereocenters. The Labute approximate surface area is 135 Å². The molecule has 1 aromatic heterocycles. The van der Waals surface area contributed by atoms with Gasteiger partial charge in [0.25, 0.3) is 0 Å².